The summed E-state index contributed by atoms with van der Waals surface area (Å²) in [5.41, 5.74) is 0.438. The zero-order valence-corrected chi connectivity index (χ0v) is 18.2. The maximum absolute atomic E-state index is 12.6. The zero-order chi connectivity index (χ0) is 17.9. The molecule has 3 nitrogen and oxygen atoms in total. The third kappa shape index (κ3) is 4.33. The van der Waals surface area contributed by atoms with E-state index in [1.165, 1.54) is 6.20 Å². The van der Waals surface area contributed by atoms with Gasteiger partial charge in [-0.2, -0.15) is 23.2 Å². The van der Waals surface area contributed by atoms with Gasteiger partial charge in [0.05, 0.1) is 5.69 Å². The van der Waals surface area contributed by atoms with Crippen LogP contribution in [0.5, 0.6) is 0 Å². The summed E-state index contributed by atoms with van der Waals surface area (Å²) in [6.07, 6.45) is -2.92. The van der Waals surface area contributed by atoms with Crippen molar-refractivity contribution in [2.75, 3.05) is 0 Å². The second-order valence-corrected chi connectivity index (χ2v) is 6.34. The first kappa shape index (κ1) is 20.1. The molecule has 0 spiro atoms. The van der Waals surface area contributed by atoms with Crippen molar-refractivity contribution < 1.29 is 13.2 Å². The molecule has 0 saturated carbocycles. The summed E-state index contributed by atoms with van der Waals surface area (Å²) in [5, 5.41) is 5.67. The average Bonchev–Trinajstić information content (AvgIpc) is 3.16. The number of halogens is 3. The summed E-state index contributed by atoms with van der Waals surface area (Å²) < 4.78 is 37.8. The fourth-order valence-corrected chi connectivity index (χ4v) is 3.40. The molecule has 3 rings (SSSR count). The summed E-state index contributed by atoms with van der Waals surface area (Å²) >= 11 is 6.83. The molecular weight excluding hydrogens is 602 g/mol. The SMILES string of the molecule is CC.Cc1cc([S-])c(-c2ccnc(-c3cc(C(F)(F)F)[nH]n3)c2)s1.[Cm]. The van der Waals surface area contributed by atoms with Gasteiger partial charge in [-0.25, -0.2) is 0 Å². The van der Waals surface area contributed by atoms with Gasteiger partial charge in [-0.3, -0.25) is 10.1 Å². The number of hydrogen-bond acceptors (Lipinski definition) is 4. The summed E-state index contributed by atoms with van der Waals surface area (Å²) in [5.74, 6) is 0. The summed E-state index contributed by atoms with van der Waals surface area (Å²) in [4.78, 5) is 6.79. The van der Waals surface area contributed by atoms with Crippen molar-refractivity contribution in [1.82, 2.24) is 15.2 Å². The molecule has 25 heavy (non-hydrogen) atoms. The topological polar surface area (TPSA) is 41.6 Å². The van der Waals surface area contributed by atoms with Gasteiger partial charge >= 0.3 is 6.18 Å². The number of aromatic nitrogens is 3. The molecule has 0 aliphatic carbocycles. The van der Waals surface area contributed by atoms with Crippen molar-refractivity contribution in [1.29, 1.82) is 0 Å². The van der Waals surface area contributed by atoms with Crippen LogP contribution in [0.15, 0.2) is 35.4 Å². The molecule has 1 N–H and O–H groups in total. The number of pyridine rings is 1. The molecule has 0 fully saturated rings. The molecule has 9 heteroatoms. The summed E-state index contributed by atoms with van der Waals surface area (Å²) in [6.45, 7) is 5.95. The maximum atomic E-state index is 12.6. The summed E-state index contributed by atoms with van der Waals surface area (Å²) in [6, 6.07) is 6.31. The van der Waals surface area contributed by atoms with E-state index >= 15 is 0 Å². The number of nitrogens with one attached hydrogen (secondary N) is 1. The molecule has 3 aromatic rings. The second kappa shape index (κ2) is 7.76. The minimum Gasteiger partial charge on any atom is -0.778 e. The molecule has 136 valence electrons. The van der Waals surface area contributed by atoms with Gasteiger partial charge in [-0.05, 0) is 30.7 Å². The van der Waals surface area contributed by atoms with Crippen molar-refractivity contribution in [3.05, 3.63) is 41.0 Å². The molecule has 3 aromatic heterocycles. The Morgan fingerprint density at radius 1 is 1.12 bits per heavy atom. The Balaban J connectivity index is 0.00000101. The molecule has 0 saturated heterocycles. The Bertz CT molecular complexity index is 828. The molecule has 0 aliphatic rings. The molecule has 0 aromatic carbocycles. The van der Waals surface area contributed by atoms with Crippen molar-refractivity contribution >= 4 is 24.0 Å². The number of thiophene rings is 1. The van der Waals surface area contributed by atoms with Crippen LogP contribution in [0.3, 0.4) is 0 Å². The zero-order valence-electron chi connectivity index (χ0n) is 13.6. The summed E-state index contributed by atoms with van der Waals surface area (Å²) in [7, 11) is 0. The number of H-pyrrole nitrogens is 1. The van der Waals surface area contributed by atoms with Crippen molar-refractivity contribution in [2.24, 2.45) is 0 Å². The molecule has 3 heterocycles. The van der Waals surface area contributed by atoms with Crippen LogP contribution in [0.2, 0.25) is 0 Å². The van der Waals surface area contributed by atoms with Gasteiger partial charge in [0.1, 0.15) is 11.4 Å². The second-order valence-electron chi connectivity index (χ2n) is 4.64. The van der Waals surface area contributed by atoms with Gasteiger partial charge in [-0.1, -0.05) is 19.9 Å². The first-order valence-corrected chi connectivity index (χ1v) is 8.44. The number of alkyl halides is 3. The number of nitrogens with zero attached hydrogens (tertiary/aromatic N) is 2. The van der Waals surface area contributed by atoms with Crippen molar-refractivity contribution in [3.63, 3.8) is 0 Å². The van der Waals surface area contributed by atoms with E-state index in [1.54, 1.807) is 23.5 Å². The van der Waals surface area contributed by atoms with E-state index in [0.717, 1.165) is 26.3 Å². The third-order valence-electron chi connectivity index (χ3n) is 2.99. The van der Waals surface area contributed by atoms with Crippen LogP contribution in [-0.2, 0) is 18.8 Å². The van der Waals surface area contributed by atoms with E-state index < -0.39 is 11.9 Å². The van der Waals surface area contributed by atoms with Gasteiger partial charge in [0.15, 0.2) is 0 Å². The van der Waals surface area contributed by atoms with Crippen LogP contribution in [0.1, 0.15) is 24.4 Å². The van der Waals surface area contributed by atoms with Crippen LogP contribution in [0.4, 0.5) is 13.2 Å². The quantitative estimate of drug-likeness (QED) is 0.389. The minimum atomic E-state index is -4.46. The largest absolute Gasteiger partial charge is 0.778 e. The molecule has 0 aliphatic heterocycles. The molecule has 0 atom stereocenters. The predicted molar refractivity (Wildman–Crippen MR) is 91.8 cm³/mol. The Kier molecular flexibility index (Phi) is 6.24. The standard InChI is InChI=1S/C14H10F3N3S2.C2H6.Cm/c1-7-4-11(21)13(22-7)8-2-3-18-9(5-8)10-6-12(20-19-10)14(15,16)17;1-2;/h2-6,21H,1H3,(H,19,20);1-2H3;/p-1. The van der Waals surface area contributed by atoms with Crippen molar-refractivity contribution in [2.45, 2.75) is 31.8 Å². The Hall–Kier alpha value is -2.93. The maximum Gasteiger partial charge on any atom is 0.432 e. The van der Waals surface area contributed by atoms with Gasteiger partial charge in [-0.15, -0.1) is 11.3 Å². The van der Waals surface area contributed by atoms with Gasteiger partial charge < -0.3 is 12.6 Å². The molecular formula is C16H15CmF3N3S2-. The number of aryl methyl sites for hydroxylation is 1. The molecule has 0 radical (unpaired) electrons. The molecule has 0 bridgehead atoms. The van der Waals surface area contributed by atoms with E-state index in [2.05, 4.69) is 10.1 Å². The minimum absolute atomic E-state index is 0. The molecule has 0 unspecified atom stereocenters. The van der Waals surface area contributed by atoms with Crippen LogP contribution in [-0.4, -0.2) is 15.2 Å². The van der Waals surface area contributed by atoms with Crippen LogP contribution in [0, 0.1) is 6.92 Å². The van der Waals surface area contributed by atoms with E-state index in [1.807, 2.05) is 31.9 Å². The van der Waals surface area contributed by atoms with E-state index in [4.69, 9.17) is 12.6 Å². The van der Waals surface area contributed by atoms with Crippen molar-refractivity contribution in [3.8, 4) is 21.8 Å². The Morgan fingerprint density at radius 2 is 1.80 bits per heavy atom. The van der Waals surface area contributed by atoms with Crippen LogP contribution < -0.4 is 0 Å². The molecule has 0 amide bonds. The monoisotopic (exact) mass is 613 g/mol. The van der Waals surface area contributed by atoms with E-state index in [0.29, 0.717) is 5.69 Å². The smallest absolute Gasteiger partial charge is 0.432 e. The fourth-order valence-electron chi connectivity index (χ4n) is 2.00. The normalized spacial score (nSPS) is 10.6. The predicted octanol–water partition coefficient (Wildman–Crippen LogP) is 5.46. The van der Waals surface area contributed by atoms with Gasteiger partial charge in [0, 0.05) is 16.0 Å². The number of aromatic amines is 1. The van der Waals surface area contributed by atoms with E-state index in [9.17, 15) is 13.2 Å². The average molecular weight is 617 g/mol. The first-order valence-electron chi connectivity index (χ1n) is 7.21. The Morgan fingerprint density at radius 3 is 2.32 bits per heavy atom. The van der Waals surface area contributed by atoms with Gasteiger partial charge in [0.25, 0.3) is 0 Å². The van der Waals surface area contributed by atoms with Crippen LogP contribution in [0.25, 0.3) is 21.8 Å². The number of rotatable bonds is 2. The number of hydrogen-bond donors (Lipinski definition) is 1. The van der Waals surface area contributed by atoms with E-state index in [-0.39, 0.29) is 5.69 Å². The van der Waals surface area contributed by atoms with Gasteiger partial charge in [0.2, 0.25) is 0 Å². The van der Waals surface area contributed by atoms with Crippen LogP contribution >= 0.6 is 11.3 Å². The Labute approximate surface area is 147 Å². The first-order chi connectivity index (χ1) is 11.3. The fraction of sp³-hybridized carbons (Fsp3) is 0.250. The third-order valence-corrected chi connectivity index (χ3v) is 4.54.